The normalized spacial score (nSPS) is 10.2. The van der Waals surface area contributed by atoms with Gasteiger partial charge in [0.15, 0.2) is 6.61 Å². The molecule has 154 valence electrons. The summed E-state index contributed by atoms with van der Waals surface area (Å²) >= 11 is 9.21. The Balaban J connectivity index is 1.59. The Labute approximate surface area is 181 Å². The van der Waals surface area contributed by atoms with Gasteiger partial charge in [-0.25, -0.2) is 0 Å². The van der Waals surface area contributed by atoms with E-state index in [1.165, 1.54) is 0 Å². The van der Waals surface area contributed by atoms with Crippen LogP contribution in [0.15, 0.2) is 46.9 Å². The summed E-state index contributed by atoms with van der Waals surface area (Å²) in [5, 5.41) is 0.659. The molecule has 2 amide bonds. The van der Waals surface area contributed by atoms with Crippen molar-refractivity contribution >= 4 is 45.3 Å². The number of carbonyl (C=O) groups excluding carboxylic acids is 3. The van der Waals surface area contributed by atoms with E-state index in [-0.39, 0.29) is 6.42 Å². The van der Waals surface area contributed by atoms with Gasteiger partial charge in [-0.15, -0.1) is 0 Å². The van der Waals surface area contributed by atoms with Crippen molar-refractivity contribution in [2.45, 2.75) is 19.8 Å². The maximum absolute atomic E-state index is 11.9. The summed E-state index contributed by atoms with van der Waals surface area (Å²) in [7, 11) is 0. The molecule has 0 fully saturated rings. The molecule has 29 heavy (non-hydrogen) atoms. The molecule has 0 heterocycles. The summed E-state index contributed by atoms with van der Waals surface area (Å²) in [6.45, 7) is 1.71. The minimum atomic E-state index is -0.642. The molecule has 0 unspecified atom stereocenters. The number of hydrazine groups is 1. The lowest BCUT2D eigenvalue weighted by molar-refractivity contribution is -0.148. The number of hydrogen-bond acceptors (Lipinski definition) is 5. The lowest BCUT2D eigenvalue weighted by Gasteiger charge is -2.09. The van der Waals surface area contributed by atoms with Crippen LogP contribution in [0, 0.1) is 6.92 Å². The second kappa shape index (κ2) is 11.4. The van der Waals surface area contributed by atoms with E-state index in [0.717, 1.165) is 10.0 Å². The van der Waals surface area contributed by atoms with Crippen LogP contribution in [0.3, 0.4) is 0 Å². The summed E-state index contributed by atoms with van der Waals surface area (Å²) in [4.78, 5) is 35.2. The molecular formula is C20H20BrClN2O5. The highest BCUT2D eigenvalue weighted by molar-refractivity contribution is 9.10. The maximum atomic E-state index is 11.9. The van der Waals surface area contributed by atoms with Gasteiger partial charge < -0.3 is 9.47 Å². The SMILES string of the molecule is Cc1cc(OCCCC(=O)OCC(=O)NNC(=O)c2ccc(Br)cc2)ccc1Cl. The average molecular weight is 484 g/mol. The third-order valence-electron chi connectivity index (χ3n) is 3.71. The zero-order valence-corrected chi connectivity index (χ0v) is 18.0. The Hall–Kier alpha value is -2.58. The molecule has 0 spiro atoms. The maximum Gasteiger partial charge on any atom is 0.306 e. The standard InChI is InChI=1S/C20H20BrClN2O5/c1-13-11-16(8-9-17(13)22)28-10-2-3-19(26)29-12-18(25)23-24-20(27)14-4-6-15(21)7-5-14/h4-9,11H,2-3,10,12H2,1H3,(H,23,25)(H,24,27). The second-order valence-corrected chi connectivity index (χ2v) is 7.36. The van der Waals surface area contributed by atoms with Crippen LogP contribution in [-0.4, -0.2) is 31.0 Å². The van der Waals surface area contributed by atoms with Crippen molar-refractivity contribution in [2.75, 3.05) is 13.2 Å². The van der Waals surface area contributed by atoms with Gasteiger partial charge in [0.2, 0.25) is 0 Å². The van der Waals surface area contributed by atoms with E-state index >= 15 is 0 Å². The number of benzene rings is 2. The number of carbonyl (C=O) groups is 3. The van der Waals surface area contributed by atoms with Gasteiger partial charge in [0.05, 0.1) is 6.61 Å². The highest BCUT2D eigenvalue weighted by Crippen LogP contribution is 2.21. The van der Waals surface area contributed by atoms with Crippen LogP contribution in [0.1, 0.15) is 28.8 Å². The van der Waals surface area contributed by atoms with E-state index in [2.05, 4.69) is 26.8 Å². The van der Waals surface area contributed by atoms with Crippen LogP contribution < -0.4 is 15.6 Å². The summed E-state index contributed by atoms with van der Waals surface area (Å²) in [5.41, 5.74) is 5.71. The van der Waals surface area contributed by atoms with E-state index in [4.69, 9.17) is 21.1 Å². The largest absolute Gasteiger partial charge is 0.494 e. The monoisotopic (exact) mass is 482 g/mol. The first-order valence-corrected chi connectivity index (χ1v) is 9.91. The van der Waals surface area contributed by atoms with Crippen molar-refractivity contribution in [3.05, 3.63) is 63.1 Å². The predicted molar refractivity (Wildman–Crippen MR) is 112 cm³/mol. The first-order valence-electron chi connectivity index (χ1n) is 8.74. The van der Waals surface area contributed by atoms with Crippen LogP contribution in [0.4, 0.5) is 0 Å². The molecule has 2 aromatic carbocycles. The molecule has 0 atom stereocenters. The second-order valence-electron chi connectivity index (χ2n) is 6.03. The molecule has 9 heteroatoms. The number of nitrogens with one attached hydrogen (secondary N) is 2. The fourth-order valence-electron chi connectivity index (χ4n) is 2.17. The van der Waals surface area contributed by atoms with Gasteiger partial charge in [0.25, 0.3) is 11.8 Å². The molecule has 0 radical (unpaired) electrons. The van der Waals surface area contributed by atoms with Crippen LogP contribution in [0.2, 0.25) is 5.02 Å². The Morgan fingerprint density at radius 3 is 2.48 bits per heavy atom. The molecule has 0 aliphatic carbocycles. The Morgan fingerprint density at radius 2 is 1.79 bits per heavy atom. The molecule has 0 saturated heterocycles. The highest BCUT2D eigenvalue weighted by atomic mass is 79.9. The minimum Gasteiger partial charge on any atom is -0.494 e. The molecule has 0 aliphatic heterocycles. The number of hydrogen-bond donors (Lipinski definition) is 2. The van der Waals surface area contributed by atoms with E-state index in [0.29, 0.717) is 29.4 Å². The van der Waals surface area contributed by atoms with E-state index in [1.54, 1.807) is 36.4 Å². The third kappa shape index (κ3) is 8.13. The van der Waals surface area contributed by atoms with Crippen molar-refractivity contribution in [3.63, 3.8) is 0 Å². The lowest BCUT2D eigenvalue weighted by Crippen LogP contribution is -2.43. The Kier molecular flexibility index (Phi) is 8.95. The van der Waals surface area contributed by atoms with Crippen LogP contribution in [0.5, 0.6) is 5.75 Å². The van der Waals surface area contributed by atoms with Gasteiger partial charge in [-0.3, -0.25) is 25.2 Å². The molecular weight excluding hydrogens is 464 g/mol. The number of ether oxygens (including phenoxy) is 2. The molecule has 0 aromatic heterocycles. The summed E-state index contributed by atoms with van der Waals surface area (Å²) < 4.78 is 11.2. The van der Waals surface area contributed by atoms with E-state index in [9.17, 15) is 14.4 Å². The molecule has 7 nitrogen and oxygen atoms in total. The van der Waals surface area contributed by atoms with E-state index in [1.807, 2.05) is 13.0 Å². The van der Waals surface area contributed by atoms with Gasteiger partial charge in [-0.2, -0.15) is 0 Å². The van der Waals surface area contributed by atoms with E-state index < -0.39 is 24.4 Å². The average Bonchev–Trinajstić information content (AvgIpc) is 2.71. The minimum absolute atomic E-state index is 0.102. The number of aryl methyl sites for hydroxylation is 1. The fraction of sp³-hybridized carbons (Fsp3) is 0.250. The number of rotatable bonds is 8. The Bertz CT molecular complexity index is 874. The number of halogens is 2. The molecule has 0 saturated carbocycles. The van der Waals surface area contributed by atoms with Gasteiger partial charge in [0.1, 0.15) is 5.75 Å². The lowest BCUT2D eigenvalue weighted by atomic mass is 10.2. The van der Waals surface area contributed by atoms with Crippen molar-refractivity contribution in [1.29, 1.82) is 0 Å². The van der Waals surface area contributed by atoms with Crippen molar-refractivity contribution in [1.82, 2.24) is 10.9 Å². The zero-order valence-electron chi connectivity index (χ0n) is 15.7. The van der Waals surface area contributed by atoms with Gasteiger partial charge in [0, 0.05) is 21.5 Å². The zero-order chi connectivity index (χ0) is 21.2. The quantitative estimate of drug-likeness (QED) is 0.340. The highest BCUT2D eigenvalue weighted by Gasteiger charge is 2.10. The van der Waals surface area contributed by atoms with Crippen molar-refractivity contribution in [2.24, 2.45) is 0 Å². The predicted octanol–water partition coefficient (Wildman–Crippen LogP) is 3.57. The molecule has 0 bridgehead atoms. The van der Waals surface area contributed by atoms with Gasteiger partial charge >= 0.3 is 5.97 Å². The van der Waals surface area contributed by atoms with Crippen LogP contribution in [-0.2, 0) is 14.3 Å². The summed E-state index contributed by atoms with van der Waals surface area (Å²) in [5.74, 6) is -0.986. The first-order chi connectivity index (χ1) is 13.8. The van der Waals surface area contributed by atoms with Crippen LogP contribution >= 0.6 is 27.5 Å². The Morgan fingerprint density at radius 1 is 1.07 bits per heavy atom. The van der Waals surface area contributed by atoms with Crippen LogP contribution in [0.25, 0.3) is 0 Å². The molecule has 2 aromatic rings. The third-order valence-corrected chi connectivity index (χ3v) is 4.66. The first kappa shape index (κ1) is 22.7. The topological polar surface area (TPSA) is 93.7 Å². The summed E-state index contributed by atoms with van der Waals surface area (Å²) in [6.07, 6.45) is 0.535. The van der Waals surface area contributed by atoms with Gasteiger partial charge in [-0.1, -0.05) is 27.5 Å². The number of esters is 1. The fourth-order valence-corrected chi connectivity index (χ4v) is 2.55. The molecule has 2 N–H and O–H groups in total. The van der Waals surface area contributed by atoms with Crippen molar-refractivity contribution in [3.8, 4) is 5.75 Å². The van der Waals surface area contributed by atoms with Gasteiger partial charge in [-0.05, 0) is 61.4 Å². The molecule has 2 rings (SSSR count). The smallest absolute Gasteiger partial charge is 0.306 e. The number of amides is 2. The van der Waals surface area contributed by atoms with Crippen molar-refractivity contribution < 1.29 is 23.9 Å². The summed E-state index contributed by atoms with van der Waals surface area (Å²) in [6, 6.07) is 11.9. The molecule has 0 aliphatic rings.